The molecule has 6 rings (SSSR count). The molecule has 5 aliphatic rings. The molecule has 1 aromatic carbocycles. The van der Waals surface area contributed by atoms with Crippen molar-refractivity contribution in [1.29, 1.82) is 0 Å². The Morgan fingerprint density at radius 3 is 2.67 bits per heavy atom. The minimum absolute atomic E-state index is 0.0610. The molecule has 4 aliphatic heterocycles. The van der Waals surface area contributed by atoms with Gasteiger partial charge in [0, 0.05) is 37.9 Å². The molecule has 2 bridgehead atoms. The minimum atomic E-state index is -1.14. The number of hydrogen-bond donors (Lipinski definition) is 2. The van der Waals surface area contributed by atoms with Gasteiger partial charge in [-0.1, -0.05) is 51.0 Å². The number of aryl methyl sites for hydroxylation is 1. The molecule has 40 heavy (non-hydrogen) atoms. The van der Waals surface area contributed by atoms with Crippen molar-refractivity contribution in [3.63, 3.8) is 0 Å². The quantitative estimate of drug-likeness (QED) is 0.506. The van der Waals surface area contributed by atoms with Crippen LogP contribution in [0, 0.1) is 30.6 Å². The second-order valence-corrected chi connectivity index (χ2v) is 12.4. The zero-order chi connectivity index (χ0) is 28.0. The molecular weight excluding hydrogens is 508 g/mol. The standard InChI is InChI=1S/C31H42N4O5/c1-19-6-4-8-22(18-19)32-28(36)25-24-10-11-31(40-24)26(25)30(38)35(13-12-34-14-16-39-17-15-34)27(31)29(37)33-23-9-5-7-20(2)21(23)3/h4,6,8,10-11,18,20-21,23-27H,5,7,9,12-17H2,1-3H3,(H,32,36)(H,33,37). The van der Waals surface area contributed by atoms with Crippen LogP contribution in [0.3, 0.4) is 0 Å². The highest BCUT2D eigenvalue weighted by Crippen LogP contribution is 2.55. The highest BCUT2D eigenvalue weighted by Gasteiger charge is 2.72. The van der Waals surface area contributed by atoms with E-state index in [1.54, 1.807) is 4.90 Å². The summed E-state index contributed by atoms with van der Waals surface area (Å²) in [6, 6.07) is 6.87. The van der Waals surface area contributed by atoms with E-state index in [9.17, 15) is 14.4 Å². The van der Waals surface area contributed by atoms with E-state index in [0.717, 1.165) is 31.5 Å². The second-order valence-electron chi connectivity index (χ2n) is 12.4. The van der Waals surface area contributed by atoms with Gasteiger partial charge in [0.1, 0.15) is 11.6 Å². The van der Waals surface area contributed by atoms with Gasteiger partial charge in [0.05, 0.1) is 31.2 Å². The van der Waals surface area contributed by atoms with E-state index in [1.807, 2.05) is 43.3 Å². The first-order chi connectivity index (χ1) is 19.3. The maximum absolute atomic E-state index is 14.2. The van der Waals surface area contributed by atoms with Gasteiger partial charge in [-0.2, -0.15) is 0 Å². The number of carbonyl (C=O) groups excluding carboxylic acids is 3. The van der Waals surface area contributed by atoms with E-state index in [1.165, 1.54) is 6.42 Å². The van der Waals surface area contributed by atoms with E-state index < -0.39 is 29.6 Å². The molecule has 3 saturated heterocycles. The van der Waals surface area contributed by atoms with Gasteiger partial charge in [-0.05, 0) is 42.9 Å². The van der Waals surface area contributed by atoms with E-state index >= 15 is 0 Å². The van der Waals surface area contributed by atoms with E-state index in [4.69, 9.17) is 9.47 Å². The summed E-state index contributed by atoms with van der Waals surface area (Å²) in [5.74, 6) is -1.15. The number of hydrogen-bond acceptors (Lipinski definition) is 6. The van der Waals surface area contributed by atoms with Crippen molar-refractivity contribution in [3.8, 4) is 0 Å². The first-order valence-electron chi connectivity index (χ1n) is 14.9. The van der Waals surface area contributed by atoms with Crippen molar-refractivity contribution in [2.45, 2.75) is 63.8 Å². The number of fused-ring (bicyclic) bond motifs is 1. The molecule has 8 atom stereocenters. The van der Waals surface area contributed by atoms with Crippen LogP contribution in [0.5, 0.6) is 0 Å². The van der Waals surface area contributed by atoms with Crippen molar-refractivity contribution in [2.75, 3.05) is 44.7 Å². The molecule has 4 fully saturated rings. The first kappa shape index (κ1) is 27.4. The Bertz CT molecular complexity index is 1180. The summed E-state index contributed by atoms with van der Waals surface area (Å²) in [6.45, 7) is 10.4. The number of nitrogens with zero attached hydrogens (tertiary/aromatic N) is 2. The third kappa shape index (κ3) is 4.76. The fraction of sp³-hybridized carbons (Fsp3) is 0.645. The lowest BCUT2D eigenvalue weighted by molar-refractivity contribution is -0.142. The Balaban J connectivity index is 1.27. The Labute approximate surface area is 236 Å². The van der Waals surface area contributed by atoms with Crippen LogP contribution in [0.25, 0.3) is 0 Å². The van der Waals surface area contributed by atoms with Crippen LogP contribution < -0.4 is 10.6 Å². The molecular formula is C31H42N4O5. The number of nitrogens with one attached hydrogen (secondary N) is 2. The molecule has 3 amide bonds. The number of anilines is 1. The summed E-state index contributed by atoms with van der Waals surface area (Å²) in [6.07, 6.45) is 6.41. The van der Waals surface area contributed by atoms with Gasteiger partial charge in [0.15, 0.2) is 0 Å². The Hall–Kier alpha value is -2.75. The van der Waals surface area contributed by atoms with Crippen molar-refractivity contribution < 1.29 is 23.9 Å². The molecule has 2 N–H and O–H groups in total. The molecule has 4 heterocycles. The highest BCUT2D eigenvalue weighted by atomic mass is 16.5. The summed E-state index contributed by atoms with van der Waals surface area (Å²) in [4.78, 5) is 46.0. The fourth-order valence-electron chi connectivity index (χ4n) is 7.58. The third-order valence-corrected chi connectivity index (χ3v) is 10.0. The van der Waals surface area contributed by atoms with Crippen molar-refractivity contribution in [1.82, 2.24) is 15.1 Å². The second kappa shape index (κ2) is 10.9. The van der Waals surface area contributed by atoms with Crippen LogP contribution in [0.1, 0.15) is 38.7 Å². The molecule has 9 nitrogen and oxygen atoms in total. The van der Waals surface area contributed by atoms with Gasteiger partial charge in [0.2, 0.25) is 17.7 Å². The van der Waals surface area contributed by atoms with Gasteiger partial charge in [0.25, 0.3) is 0 Å². The molecule has 1 saturated carbocycles. The third-order valence-electron chi connectivity index (χ3n) is 10.0. The van der Waals surface area contributed by atoms with Gasteiger partial charge in [-0.15, -0.1) is 0 Å². The normalized spacial score (nSPS) is 37.0. The largest absolute Gasteiger partial charge is 0.379 e. The monoisotopic (exact) mass is 550 g/mol. The number of morpholine rings is 1. The number of benzene rings is 1. The summed E-state index contributed by atoms with van der Waals surface area (Å²) >= 11 is 0. The predicted octanol–water partition coefficient (Wildman–Crippen LogP) is 2.36. The lowest BCUT2D eigenvalue weighted by Crippen LogP contribution is -2.58. The molecule has 1 aromatic rings. The molecule has 1 spiro atoms. The van der Waals surface area contributed by atoms with Gasteiger partial charge in [-0.3, -0.25) is 19.3 Å². The molecule has 0 radical (unpaired) electrons. The average Bonchev–Trinajstić information content (AvgIpc) is 3.58. The maximum Gasteiger partial charge on any atom is 0.246 e. The van der Waals surface area contributed by atoms with Crippen LogP contribution in [-0.2, 0) is 23.9 Å². The Kier molecular flexibility index (Phi) is 7.48. The maximum atomic E-state index is 14.2. The first-order valence-corrected chi connectivity index (χ1v) is 14.9. The highest BCUT2D eigenvalue weighted by molar-refractivity contribution is 6.02. The number of carbonyl (C=O) groups is 3. The molecule has 8 unspecified atom stereocenters. The number of ether oxygens (including phenoxy) is 2. The Morgan fingerprint density at radius 2 is 1.90 bits per heavy atom. The van der Waals surface area contributed by atoms with Crippen LogP contribution in [0.4, 0.5) is 5.69 Å². The molecule has 1 aliphatic carbocycles. The van der Waals surface area contributed by atoms with Gasteiger partial charge in [-0.25, -0.2) is 0 Å². The van der Waals surface area contributed by atoms with Crippen LogP contribution in [-0.4, -0.2) is 90.7 Å². The lowest BCUT2D eigenvalue weighted by Gasteiger charge is -2.38. The van der Waals surface area contributed by atoms with E-state index in [-0.39, 0.29) is 23.8 Å². The fourth-order valence-corrected chi connectivity index (χ4v) is 7.58. The average molecular weight is 551 g/mol. The van der Waals surface area contributed by atoms with Crippen LogP contribution >= 0.6 is 0 Å². The van der Waals surface area contributed by atoms with E-state index in [0.29, 0.717) is 43.8 Å². The summed E-state index contributed by atoms with van der Waals surface area (Å²) in [5.41, 5.74) is 0.581. The number of likely N-dealkylation sites (tertiary alicyclic amines) is 1. The molecule has 0 aromatic heterocycles. The van der Waals surface area contributed by atoms with E-state index in [2.05, 4.69) is 29.4 Å². The van der Waals surface area contributed by atoms with Crippen LogP contribution in [0.2, 0.25) is 0 Å². The summed E-state index contributed by atoms with van der Waals surface area (Å²) in [7, 11) is 0. The zero-order valence-electron chi connectivity index (χ0n) is 23.8. The predicted molar refractivity (Wildman–Crippen MR) is 150 cm³/mol. The summed E-state index contributed by atoms with van der Waals surface area (Å²) < 4.78 is 12.0. The molecule has 216 valence electrons. The molecule has 9 heteroatoms. The van der Waals surface area contributed by atoms with Crippen LogP contribution in [0.15, 0.2) is 36.4 Å². The zero-order valence-corrected chi connectivity index (χ0v) is 23.8. The smallest absolute Gasteiger partial charge is 0.246 e. The van der Waals surface area contributed by atoms with Crippen molar-refractivity contribution >= 4 is 23.4 Å². The lowest BCUT2D eigenvalue weighted by atomic mass is 9.73. The topological polar surface area (TPSA) is 100 Å². The van der Waals surface area contributed by atoms with Gasteiger partial charge < -0.3 is 25.0 Å². The summed E-state index contributed by atoms with van der Waals surface area (Å²) in [5, 5.41) is 6.34. The van der Waals surface area contributed by atoms with Crippen molar-refractivity contribution in [2.24, 2.45) is 23.7 Å². The Morgan fingerprint density at radius 1 is 1.10 bits per heavy atom. The number of rotatable bonds is 7. The number of amides is 3. The SMILES string of the molecule is Cc1cccc(NC(=O)C2C3C=CC4(O3)C2C(=O)N(CCN2CCOCC2)C4C(=O)NC2CCCC(C)C2C)c1. The van der Waals surface area contributed by atoms with Gasteiger partial charge >= 0.3 is 0 Å². The van der Waals surface area contributed by atoms with Crippen molar-refractivity contribution in [3.05, 3.63) is 42.0 Å². The minimum Gasteiger partial charge on any atom is -0.379 e.